The van der Waals surface area contributed by atoms with Crippen molar-refractivity contribution in [3.63, 3.8) is 0 Å². The van der Waals surface area contributed by atoms with Crippen LogP contribution in [-0.4, -0.2) is 148 Å². The molecule has 0 unspecified atom stereocenters. The average molecular weight is 1270 g/mol. The highest BCUT2D eigenvalue weighted by Gasteiger charge is 2.60. The summed E-state index contributed by atoms with van der Waals surface area (Å²) in [4.78, 5) is 104. The molecule has 0 aromatic rings. The summed E-state index contributed by atoms with van der Waals surface area (Å²) in [6, 6.07) is 0. The zero-order valence-corrected chi connectivity index (χ0v) is 50.0. The molecule has 0 saturated heterocycles. The van der Waals surface area contributed by atoms with E-state index in [4.69, 9.17) is 18.9 Å². The summed E-state index contributed by atoms with van der Waals surface area (Å²) in [7, 11) is 0.596. The Morgan fingerprint density at radius 2 is 0.628 bits per heavy atom. The summed E-state index contributed by atoms with van der Waals surface area (Å²) >= 11 is 0. The summed E-state index contributed by atoms with van der Waals surface area (Å²) in [6.07, 6.45) is 1.08. The summed E-state index contributed by atoms with van der Waals surface area (Å²) < 4.78 is 206. The molecule has 5 fully saturated rings. The Balaban J connectivity index is 0.000000447. The van der Waals surface area contributed by atoms with Gasteiger partial charge in [0.25, 0.3) is 0 Å². The fourth-order valence-corrected chi connectivity index (χ4v) is 9.41. The van der Waals surface area contributed by atoms with E-state index >= 15 is 0 Å². The second kappa shape index (κ2) is 31.0. The minimum atomic E-state index is -4.61. The third-order valence-corrected chi connectivity index (χ3v) is 15.4. The molecule has 0 spiro atoms. The Kier molecular flexibility index (Phi) is 27.6. The molecule has 86 heavy (non-hydrogen) atoms. The molecule has 0 aliphatic heterocycles. The number of alkyl halides is 12. The van der Waals surface area contributed by atoms with Gasteiger partial charge < -0.3 is 42.6 Å². The molecular weight excluding hydrogens is 1190 g/mol. The molecule has 0 aromatic carbocycles. The summed E-state index contributed by atoms with van der Waals surface area (Å²) in [5, 5.41) is 0. The third kappa shape index (κ3) is 23.2. The molecular formula is C56H80F12O18. The fraction of sp³-hybridized carbons (Fsp3) is 0.839. The molecule has 0 atom stereocenters. The van der Waals surface area contributed by atoms with E-state index in [1.54, 1.807) is 62.3 Å². The molecule has 30 heteroatoms. The first kappa shape index (κ1) is 76.5. The molecule has 0 amide bonds. The van der Waals surface area contributed by atoms with Crippen molar-refractivity contribution in [1.82, 2.24) is 0 Å². The highest BCUT2D eigenvalue weighted by atomic mass is 19.3. The largest absolute Gasteiger partial charge is 0.465 e. The van der Waals surface area contributed by atoms with Crippen LogP contribution in [0.4, 0.5) is 52.7 Å². The summed E-state index contributed by atoms with van der Waals surface area (Å²) in [5.74, 6) is -41.4. The van der Waals surface area contributed by atoms with Crippen molar-refractivity contribution >= 4 is 53.7 Å². The first-order chi connectivity index (χ1) is 39.3. The van der Waals surface area contributed by atoms with Gasteiger partial charge in [-0.2, -0.15) is 52.7 Å². The molecule has 496 valence electrons. The zero-order valence-electron chi connectivity index (χ0n) is 50.0. The Labute approximate surface area is 490 Å². The second-order valence-corrected chi connectivity index (χ2v) is 23.9. The van der Waals surface area contributed by atoms with E-state index in [9.17, 15) is 95.8 Å². The van der Waals surface area contributed by atoms with E-state index in [1.165, 1.54) is 0 Å². The van der Waals surface area contributed by atoms with Crippen molar-refractivity contribution in [2.24, 2.45) is 34.0 Å². The van der Waals surface area contributed by atoms with Crippen molar-refractivity contribution in [3.8, 4) is 0 Å². The topological polar surface area (TPSA) is 237 Å². The minimum Gasteiger partial charge on any atom is -0.465 e. The number of methoxy groups -OCH3 is 1. The van der Waals surface area contributed by atoms with Gasteiger partial charge in [0, 0.05) is 0 Å². The van der Waals surface area contributed by atoms with Gasteiger partial charge in [-0.1, -0.05) is 27.2 Å². The normalized spacial score (nSPS) is 20.1. The van der Waals surface area contributed by atoms with Crippen LogP contribution in [0.15, 0.2) is 0 Å². The lowest BCUT2D eigenvalue weighted by Gasteiger charge is -2.55. The number of halogens is 12. The molecule has 4 bridgehead atoms. The van der Waals surface area contributed by atoms with Gasteiger partial charge in [0.05, 0.1) is 42.6 Å². The van der Waals surface area contributed by atoms with Crippen LogP contribution in [0, 0.1) is 34.0 Å². The van der Waals surface area contributed by atoms with Crippen LogP contribution in [0.5, 0.6) is 0 Å². The lowest BCUT2D eigenvalue weighted by Crippen LogP contribution is -2.55. The van der Waals surface area contributed by atoms with E-state index in [-0.39, 0.29) is 0 Å². The van der Waals surface area contributed by atoms with Crippen LogP contribution in [0.1, 0.15) is 171 Å². The molecule has 5 aliphatic rings. The van der Waals surface area contributed by atoms with Gasteiger partial charge in [-0.25, -0.2) is 28.8 Å². The smallest absolute Gasteiger partial charge is 0.377 e. The lowest BCUT2D eigenvalue weighted by molar-refractivity contribution is -0.220. The van der Waals surface area contributed by atoms with Gasteiger partial charge in [0.1, 0.15) is 51.3 Å². The van der Waals surface area contributed by atoms with Crippen molar-refractivity contribution < 1.29 is 138 Å². The number of hydrogen-bond donors (Lipinski definition) is 0. The molecule has 18 nitrogen and oxygen atoms in total. The van der Waals surface area contributed by atoms with E-state index in [1.807, 2.05) is 0 Å². The Hall–Kier alpha value is -5.61. The van der Waals surface area contributed by atoms with Crippen LogP contribution < -0.4 is 0 Å². The summed E-state index contributed by atoms with van der Waals surface area (Å²) in [5.41, 5.74) is -3.40. The SMILES string of the molecule is CCC(C)(C)C(=O)OCCOC(=O)C(F)(F)CC(F)(F)C(=O)OC.CCC(C)(C)C(=O)OCCOC(=O)C(F)(F)CC(F)(F)C(=O)OC12CC3CC(CC(C3)C1)C2.CCC(C)(C)C(=O)OCCOC(=O)C(F)(F)CC(F)(F)C(=O)OC1CCCCC1. The van der Waals surface area contributed by atoms with Gasteiger partial charge in [-0.05, 0) is 143 Å². The van der Waals surface area contributed by atoms with Gasteiger partial charge >= 0.3 is 89.3 Å². The van der Waals surface area contributed by atoms with E-state index in [2.05, 4.69) is 23.7 Å². The Bertz CT molecular complexity index is 2300. The first-order valence-electron chi connectivity index (χ1n) is 28.1. The quantitative estimate of drug-likeness (QED) is 0.0293. The predicted molar refractivity (Wildman–Crippen MR) is 273 cm³/mol. The number of hydrogen-bond acceptors (Lipinski definition) is 18. The van der Waals surface area contributed by atoms with E-state index < -0.39 is 176 Å². The molecule has 0 N–H and O–H groups in total. The highest BCUT2D eigenvalue weighted by Crippen LogP contribution is 2.57. The average Bonchev–Trinajstić information content (AvgIpc) is 0.867. The maximum atomic E-state index is 14.4. The maximum absolute atomic E-state index is 14.4. The number of ether oxygens (including phenoxy) is 9. The van der Waals surface area contributed by atoms with Gasteiger partial charge in [-0.3, -0.25) is 14.4 Å². The van der Waals surface area contributed by atoms with Crippen molar-refractivity contribution in [2.75, 3.05) is 46.8 Å². The van der Waals surface area contributed by atoms with Gasteiger partial charge in [0.15, 0.2) is 0 Å². The predicted octanol–water partition coefficient (Wildman–Crippen LogP) is 11.1. The maximum Gasteiger partial charge on any atom is 0.377 e. The van der Waals surface area contributed by atoms with Crippen LogP contribution in [0.25, 0.3) is 0 Å². The molecule has 0 radical (unpaired) electrons. The molecule has 5 rings (SSSR count). The number of carbonyl (C=O) groups is 9. The highest BCUT2D eigenvalue weighted by molar-refractivity contribution is 5.84. The van der Waals surface area contributed by atoms with Crippen LogP contribution in [0.2, 0.25) is 0 Å². The zero-order chi connectivity index (χ0) is 66.1. The number of rotatable bonds is 29. The number of carbonyl (C=O) groups excluding carboxylic acids is 9. The van der Waals surface area contributed by atoms with Crippen molar-refractivity contribution in [3.05, 3.63) is 0 Å². The van der Waals surface area contributed by atoms with Crippen molar-refractivity contribution in [1.29, 1.82) is 0 Å². The fourth-order valence-electron chi connectivity index (χ4n) is 9.41. The van der Waals surface area contributed by atoms with Crippen LogP contribution in [0.3, 0.4) is 0 Å². The van der Waals surface area contributed by atoms with E-state index in [0.29, 0.717) is 89.1 Å². The van der Waals surface area contributed by atoms with Crippen LogP contribution >= 0.6 is 0 Å². The van der Waals surface area contributed by atoms with Crippen LogP contribution in [-0.2, 0) is 85.8 Å². The first-order valence-corrected chi connectivity index (χ1v) is 28.1. The third-order valence-electron chi connectivity index (χ3n) is 15.4. The molecule has 0 aromatic heterocycles. The Morgan fingerprint density at radius 1 is 0.372 bits per heavy atom. The van der Waals surface area contributed by atoms with E-state index in [0.717, 1.165) is 25.7 Å². The van der Waals surface area contributed by atoms with Gasteiger partial charge in [-0.15, -0.1) is 0 Å². The lowest BCUT2D eigenvalue weighted by atomic mass is 9.54. The summed E-state index contributed by atoms with van der Waals surface area (Å²) in [6.45, 7) is 11.3. The number of esters is 9. The monoisotopic (exact) mass is 1270 g/mol. The van der Waals surface area contributed by atoms with Gasteiger partial charge in [0.2, 0.25) is 0 Å². The van der Waals surface area contributed by atoms with Crippen molar-refractivity contribution in [2.45, 2.75) is 219 Å². The molecule has 5 saturated carbocycles. The standard InChI is InChI=1S/C23H32F4O6.C19H28F4O6.C14H20F4O6/c1-4-20(2,3)17(28)31-5-6-32-18(29)22(24,25)13-23(26,27)19(30)33-21-10-14-7-15(11-21)9-16(8-14)12-21;1-4-17(2,3)14(24)27-10-11-28-15(25)18(20,21)12-19(22,23)16(26)29-13-8-6-5-7-9-13;1-5-12(2,3)9(19)23-6-7-24-11(21)14(17,18)8-13(15,16)10(20)22-4/h14-16H,4-13H2,1-3H3;13H,4-12H2,1-3H3;5-8H2,1-4H3. The second-order valence-electron chi connectivity index (χ2n) is 23.9. The molecule has 0 heterocycles. The minimum absolute atomic E-state index is 0.311. The molecule has 5 aliphatic carbocycles. The Morgan fingerprint density at radius 3 is 0.907 bits per heavy atom.